The first-order valence-corrected chi connectivity index (χ1v) is 13.6. The Kier molecular flexibility index (Phi) is 5.35. The number of allylic oxidation sites excluding steroid dienone is 1. The third kappa shape index (κ3) is 3.41. The Morgan fingerprint density at radius 1 is 1.26 bits per heavy atom. The van der Waals surface area contributed by atoms with E-state index in [9.17, 15) is 13.2 Å². The van der Waals surface area contributed by atoms with E-state index >= 15 is 0 Å². The molecule has 1 saturated heterocycles. The molecule has 3 aliphatic carbocycles. The largest absolute Gasteiger partial charge is 0.465 e. The van der Waals surface area contributed by atoms with Crippen molar-refractivity contribution in [3.63, 3.8) is 0 Å². The number of nitrogens with zero attached hydrogens (tertiary/aromatic N) is 2. The minimum atomic E-state index is -3.66. The summed E-state index contributed by atoms with van der Waals surface area (Å²) in [7, 11) is -2.33. The van der Waals surface area contributed by atoms with Crippen LogP contribution in [0.25, 0.3) is 0 Å². The number of rotatable bonds is 5. The molecule has 1 saturated carbocycles. The molecule has 0 radical (unpaired) electrons. The molecular formula is C23H32N2O4S2. The van der Waals surface area contributed by atoms with Crippen LogP contribution in [0, 0.1) is 17.3 Å². The van der Waals surface area contributed by atoms with Crippen LogP contribution >= 0.6 is 11.3 Å². The number of thiophene rings is 1. The van der Waals surface area contributed by atoms with Crippen molar-refractivity contribution in [2.24, 2.45) is 17.3 Å². The van der Waals surface area contributed by atoms with Gasteiger partial charge in [-0.25, -0.2) is 13.2 Å². The summed E-state index contributed by atoms with van der Waals surface area (Å²) in [5, 5.41) is 0. The molecule has 31 heavy (non-hydrogen) atoms. The van der Waals surface area contributed by atoms with Crippen LogP contribution in [-0.4, -0.2) is 56.9 Å². The van der Waals surface area contributed by atoms with Crippen molar-refractivity contribution in [1.29, 1.82) is 0 Å². The molecule has 0 amide bonds. The predicted molar refractivity (Wildman–Crippen MR) is 121 cm³/mol. The van der Waals surface area contributed by atoms with E-state index in [1.807, 2.05) is 0 Å². The Hall–Kier alpha value is -1.22. The van der Waals surface area contributed by atoms with Gasteiger partial charge in [-0.1, -0.05) is 25.5 Å². The number of ether oxygens (including phenoxy) is 1. The van der Waals surface area contributed by atoms with E-state index in [0.29, 0.717) is 37.4 Å². The summed E-state index contributed by atoms with van der Waals surface area (Å²) in [6.45, 7) is 8.33. The van der Waals surface area contributed by atoms with Crippen molar-refractivity contribution >= 4 is 27.3 Å². The van der Waals surface area contributed by atoms with Gasteiger partial charge in [0.2, 0.25) is 0 Å². The van der Waals surface area contributed by atoms with Crippen LogP contribution in [0.5, 0.6) is 0 Å². The second-order valence-electron chi connectivity index (χ2n) is 10.1. The summed E-state index contributed by atoms with van der Waals surface area (Å²) in [6, 6.07) is 0. The fraction of sp³-hybridized carbons (Fsp3) is 0.696. The average Bonchev–Trinajstić information content (AvgIpc) is 3.41. The predicted octanol–water partition coefficient (Wildman–Crippen LogP) is 3.67. The van der Waals surface area contributed by atoms with Gasteiger partial charge < -0.3 is 4.74 Å². The molecule has 0 N–H and O–H groups in total. The summed E-state index contributed by atoms with van der Waals surface area (Å²) in [5.41, 5.74) is 3.12. The summed E-state index contributed by atoms with van der Waals surface area (Å²) < 4.78 is 33.4. The number of methoxy groups -OCH3 is 1. The second kappa shape index (κ2) is 7.68. The first kappa shape index (κ1) is 21.6. The first-order valence-electron chi connectivity index (χ1n) is 11.4. The maximum Gasteiger partial charge on any atom is 0.340 e. The fourth-order valence-electron chi connectivity index (χ4n) is 6.02. The van der Waals surface area contributed by atoms with Crippen LogP contribution < -0.4 is 0 Å². The van der Waals surface area contributed by atoms with E-state index < -0.39 is 16.0 Å². The van der Waals surface area contributed by atoms with Gasteiger partial charge in [0.05, 0.1) is 12.7 Å². The monoisotopic (exact) mass is 464 g/mol. The van der Waals surface area contributed by atoms with Gasteiger partial charge in [-0.2, -0.15) is 4.31 Å². The molecule has 5 aliphatic rings. The summed E-state index contributed by atoms with van der Waals surface area (Å²) in [5.74, 6) is 0.973. The number of fused-ring (bicyclic) bond motifs is 2. The maximum absolute atomic E-state index is 13.3. The molecule has 0 spiro atoms. The fourth-order valence-corrected chi connectivity index (χ4v) is 9.60. The van der Waals surface area contributed by atoms with Crippen molar-refractivity contribution in [1.82, 2.24) is 9.21 Å². The smallest absolute Gasteiger partial charge is 0.340 e. The molecule has 0 unspecified atom stereocenters. The highest BCUT2D eigenvalue weighted by molar-refractivity contribution is 7.91. The van der Waals surface area contributed by atoms with Gasteiger partial charge in [0.25, 0.3) is 10.0 Å². The highest BCUT2D eigenvalue weighted by Crippen LogP contribution is 2.59. The van der Waals surface area contributed by atoms with Crippen LogP contribution in [-0.2, 0) is 27.7 Å². The van der Waals surface area contributed by atoms with E-state index in [1.54, 1.807) is 5.57 Å². The molecule has 0 aromatic carbocycles. The number of sulfonamides is 1. The summed E-state index contributed by atoms with van der Waals surface area (Å²) in [6.07, 6.45) is 7.37. The molecule has 2 atom stereocenters. The minimum Gasteiger partial charge on any atom is -0.465 e. The highest BCUT2D eigenvalue weighted by atomic mass is 32.2. The Morgan fingerprint density at radius 3 is 2.65 bits per heavy atom. The molecule has 8 heteroatoms. The summed E-state index contributed by atoms with van der Waals surface area (Å²) in [4.78, 5) is 16.1. The highest BCUT2D eigenvalue weighted by Gasteiger charge is 2.51. The van der Waals surface area contributed by atoms with Crippen molar-refractivity contribution in [2.45, 2.75) is 56.7 Å². The Labute approximate surface area is 189 Å². The van der Waals surface area contributed by atoms with Gasteiger partial charge >= 0.3 is 5.97 Å². The lowest BCUT2D eigenvalue weighted by Crippen LogP contribution is -2.50. The normalized spacial score (nSPS) is 28.0. The molecule has 1 aromatic heterocycles. The third-order valence-electron chi connectivity index (χ3n) is 8.12. The molecule has 2 fully saturated rings. The van der Waals surface area contributed by atoms with Gasteiger partial charge in [0.1, 0.15) is 4.21 Å². The van der Waals surface area contributed by atoms with Crippen LogP contribution in [0.15, 0.2) is 15.9 Å². The van der Waals surface area contributed by atoms with Crippen molar-refractivity contribution in [3.8, 4) is 0 Å². The lowest BCUT2D eigenvalue weighted by atomic mass is 9.49. The number of esters is 1. The van der Waals surface area contributed by atoms with E-state index in [-0.39, 0.29) is 9.77 Å². The molecule has 6 rings (SSSR count). The molecule has 6 nitrogen and oxygen atoms in total. The number of carbonyl (C=O) groups excluding carboxylic acids is 1. The minimum absolute atomic E-state index is 0.188. The van der Waals surface area contributed by atoms with E-state index in [2.05, 4.69) is 24.8 Å². The third-order valence-corrected chi connectivity index (χ3v) is 11.7. The molecule has 170 valence electrons. The zero-order valence-corrected chi connectivity index (χ0v) is 20.3. The van der Waals surface area contributed by atoms with E-state index in [4.69, 9.17) is 4.74 Å². The van der Waals surface area contributed by atoms with Crippen LogP contribution in [0.1, 0.15) is 60.3 Å². The lowest BCUT2D eigenvalue weighted by Gasteiger charge is -2.57. The Morgan fingerprint density at radius 2 is 2.00 bits per heavy atom. The quantitative estimate of drug-likeness (QED) is 0.491. The van der Waals surface area contributed by atoms with Crippen molar-refractivity contribution in [2.75, 3.05) is 33.3 Å². The van der Waals surface area contributed by atoms with Gasteiger partial charge in [-0.15, -0.1) is 11.3 Å². The maximum atomic E-state index is 13.3. The van der Waals surface area contributed by atoms with Crippen LogP contribution in [0.2, 0.25) is 0 Å². The Balaban J connectivity index is 1.42. The van der Waals surface area contributed by atoms with E-state index in [0.717, 1.165) is 42.3 Å². The standard InChI is InChI=1S/C23H32N2O4S2/c1-23(2)16-7-6-15(18(23)12-16)13-24-11-8-17-19(14-24)30-22(20(17)21(26)29-3)31(27,28)25-9-4-5-10-25/h6,16,18H,4-5,7-14H2,1-3H3/t16-,18-/m0/s1. The van der Waals surface area contributed by atoms with Crippen LogP contribution in [0.3, 0.4) is 0 Å². The van der Waals surface area contributed by atoms with Gasteiger partial charge in [0.15, 0.2) is 0 Å². The SMILES string of the molecule is COC(=O)c1c(S(=O)(=O)N2CCCC2)sc2c1CCN(CC1=CC[C@H]3C[C@@H]1C3(C)C)C2. The van der Waals surface area contributed by atoms with Crippen molar-refractivity contribution < 1.29 is 17.9 Å². The van der Waals surface area contributed by atoms with Gasteiger partial charge in [0, 0.05) is 37.6 Å². The number of hydrogen-bond acceptors (Lipinski definition) is 6. The number of carbonyl (C=O) groups is 1. The lowest BCUT2D eigenvalue weighted by molar-refractivity contribution is -0.0110. The molecule has 2 aliphatic heterocycles. The second-order valence-corrected chi connectivity index (χ2v) is 13.3. The zero-order chi connectivity index (χ0) is 22.0. The molecule has 3 heterocycles. The Bertz CT molecular complexity index is 1030. The zero-order valence-electron chi connectivity index (χ0n) is 18.6. The van der Waals surface area contributed by atoms with Gasteiger partial charge in [-0.05, 0) is 54.9 Å². The summed E-state index contributed by atoms with van der Waals surface area (Å²) >= 11 is 1.28. The van der Waals surface area contributed by atoms with Gasteiger partial charge in [-0.3, -0.25) is 4.90 Å². The van der Waals surface area contributed by atoms with E-state index in [1.165, 1.54) is 35.6 Å². The average molecular weight is 465 g/mol. The number of hydrogen-bond donors (Lipinski definition) is 0. The topological polar surface area (TPSA) is 66.9 Å². The van der Waals surface area contributed by atoms with Crippen LogP contribution in [0.4, 0.5) is 0 Å². The molecule has 1 aromatic rings. The molecular weight excluding hydrogens is 432 g/mol. The first-order chi connectivity index (χ1) is 14.7. The molecule has 2 bridgehead atoms. The van der Waals surface area contributed by atoms with Crippen molar-refractivity contribution in [3.05, 3.63) is 27.7 Å².